The molecule has 0 bridgehead atoms. The van der Waals surface area contributed by atoms with Gasteiger partial charge >= 0.3 is 5.97 Å². The molecular formula is C15H21NO4. The number of hydrogen-bond donors (Lipinski definition) is 1. The van der Waals surface area contributed by atoms with Crippen molar-refractivity contribution in [1.82, 2.24) is 4.90 Å². The highest BCUT2D eigenvalue weighted by molar-refractivity contribution is 5.69. The molecule has 2 atom stereocenters. The monoisotopic (exact) mass is 279 g/mol. The molecule has 5 nitrogen and oxygen atoms in total. The van der Waals surface area contributed by atoms with Gasteiger partial charge in [0.05, 0.1) is 6.54 Å². The number of benzene rings is 1. The Morgan fingerprint density at radius 2 is 2.15 bits per heavy atom. The van der Waals surface area contributed by atoms with E-state index in [-0.39, 0.29) is 18.7 Å². The Morgan fingerprint density at radius 3 is 2.80 bits per heavy atom. The highest BCUT2D eigenvalue weighted by Crippen LogP contribution is 2.31. The van der Waals surface area contributed by atoms with Crippen LogP contribution in [0.15, 0.2) is 24.3 Å². The summed E-state index contributed by atoms with van der Waals surface area (Å²) >= 11 is 0. The zero-order valence-corrected chi connectivity index (χ0v) is 11.9. The fourth-order valence-corrected chi connectivity index (χ4v) is 2.25. The molecule has 1 N–H and O–H groups in total. The van der Waals surface area contributed by atoms with Crippen molar-refractivity contribution in [2.75, 3.05) is 19.7 Å². The first-order valence-electron chi connectivity index (χ1n) is 6.94. The van der Waals surface area contributed by atoms with Crippen LogP contribution in [-0.4, -0.2) is 47.8 Å². The number of carbonyl (C=O) groups is 1. The number of hydrogen-bond acceptors (Lipinski definition) is 4. The molecule has 0 spiro atoms. The summed E-state index contributed by atoms with van der Waals surface area (Å²) in [4.78, 5) is 12.9. The van der Waals surface area contributed by atoms with Gasteiger partial charge < -0.3 is 14.6 Å². The Balaban J connectivity index is 2.00. The molecule has 1 aromatic rings. The number of carboxylic acids is 1. The van der Waals surface area contributed by atoms with Crippen molar-refractivity contribution in [1.29, 1.82) is 0 Å². The second kappa shape index (κ2) is 6.61. The standard InChI is InChI=1S/C15H21NO4/c1-3-11(2)16(9-15(17)18)8-12-10-19-13-6-4-5-7-14(13)20-12/h4-7,11-12H,3,8-10H2,1-2H3,(H,17,18). The van der Waals surface area contributed by atoms with E-state index < -0.39 is 5.97 Å². The minimum absolute atomic E-state index is 0.0243. The lowest BCUT2D eigenvalue weighted by Gasteiger charge is -2.33. The van der Waals surface area contributed by atoms with Crippen LogP contribution in [0, 0.1) is 0 Å². The van der Waals surface area contributed by atoms with Crippen LogP contribution in [0.3, 0.4) is 0 Å². The summed E-state index contributed by atoms with van der Waals surface area (Å²) in [5.74, 6) is 0.655. The van der Waals surface area contributed by atoms with Crippen LogP contribution in [0.25, 0.3) is 0 Å². The first-order chi connectivity index (χ1) is 9.60. The number of fused-ring (bicyclic) bond motifs is 1. The summed E-state index contributed by atoms with van der Waals surface area (Å²) in [5.41, 5.74) is 0. The second-order valence-corrected chi connectivity index (χ2v) is 5.08. The lowest BCUT2D eigenvalue weighted by Crippen LogP contribution is -2.46. The number of carboxylic acid groups (broad SMARTS) is 1. The molecule has 2 rings (SSSR count). The largest absolute Gasteiger partial charge is 0.486 e. The molecule has 1 heterocycles. The second-order valence-electron chi connectivity index (χ2n) is 5.08. The van der Waals surface area contributed by atoms with Gasteiger partial charge in [-0.1, -0.05) is 19.1 Å². The van der Waals surface area contributed by atoms with Crippen LogP contribution in [0.1, 0.15) is 20.3 Å². The number of rotatable bonds is 6. The van der Waals surface area contributed by atoms with Crippen LogP contribution in [0.5, 0.6) is 11.5 Å². The number of aliphatic carboxylic acids is 1. The van der Waals surface area contributed by atoms with Crippen LogP contribution < -0.4 is 9.47 Å². The Hall–Kier alpha value is -1.75. The maximum Gasteiger partial charge on any atom is 0.317 e. The molecule has 0 saturated carbocycles. The maximum absolute atomic E-state index is 11.0. The topological polar surface area (TPSA) is 59.0 Å². The molecule has 0 saturated heterocycles. The first kappa shape index (κ1) is 14.7. The van der Waals surface area contributed by atoms with E-state index in [9.17, 15) is 4.79 Å². The van der Waals surface area contributed by atoms with Crippen LogP contribution in [0.2, 0.25) is 0 Å². The molecule has 1 aliphatic heterocycles. The lowest BCUT2D eigenvalue weighted by molar-refractivity contribution is -0.139. The van der Waals surface area contributed by atoms with Crippen LogP contribution in [0.4, 0.5) is 0 Å². The SMILES string of the molecule is CCC(C)N(CC(=O)O)CC1COc2ccccc2O1. The highest BCUT2D eigenvalue weighted by atomic mass is 16.6. The van der Waals surface area contributed by atoms with Crippen LogP contribution >= 0.6 is 0 Å². The van der Waals surface area contributed by atoms with Crippen molar-refractivity contribution in [2.24, 2.45) is 0 Å². The predicted molar refractivity (Wildman–Crippen MR) is 75.3 cm³/mol. The summed E-state index contributed by atoms with van der Waals surface area (Å²) < 4.78 is 11.5. The third-order valence-electron chi connectivity index (χ3n) is 3.56. The van der Waals surface area contributed by atoms with Gasteiger partial charge in [0.25, 0.3) is 0 Å². The average molecular weight is 279 g/mol. The van der Waals surface area contributed by atoms with Gasteiger partial charge in [-0.3, -0.25) is 9.69 Å². The lowest BCUT2D eigenvalue weighted by atomic mass is 10.2. The Bertz CT molecular complexity index is 463. The Morgan fingerprint density at radius 1 is 1.45 bits per heavy atom. The molecule has 1 aromatic carbocycles. The molecule has 0 aromatic heterocycles. The average Bonchev–Trinajstić information content (AvgIpc) is 2.45. The molecule has 2 unspecified atom stereocenters. The first-order valence-corrected chi connectivity index (χ1v) is 6.94. The highest BCUT2D eigenvalue weighted by Gasteiger charge is 2.25. The van der Waals surface area contributed by atoms with E-state index >= 15 is 0 Å². The van der Waals surface area contributed by atoms with Gasteiger partial charge in [0.2, 0.25) is 0 Å². The molecular weight excluding hydrogens is 258 g/mol. The van der Waals surface area contributed by atoms with E-state index in [2.05, 4.69) is 0 Å². The van der Waals surface area contributed by atoms with E-state index in [4.69, 9.17) is 14.6 Å². The minimum atomic E-state index is -0.817. The molecule has 20 heavy (non-hydrogen) atoms. The molecule has 0 radical (unpaired) electrons. The van der Waals surface area contributed by atoms with Gasteiger partial charge in [0.1, 0.15) is 12.7 Å². The van der Waals surface area contributed by atoms with Crippen molar-refractivity contribution in [2.45, 2.75) is 32.4 Å². The summed E-state index contributed by atoms with van der Waals surface area (Å²) in [7, 11) is 0. The maximum atomic E-state index is 11.0. The van der Waals surface area contributed by atoms with E-state index in [1.807, 2.05) is 43.0 Å². The molecule has 0 aliphatic carbocycles. The number of ether oxygens (including phenoxy) is 2. The molecule has 5 heteroatoms. The molecule has 110 valence electrons. The normalized spacial score (nSPS) is 18.9. The third kappa shape index (κ3) is 3.63. The fraction of sp³-hybridized carbons (Fsp3) is 0.533. The van der Waals surface area contributed by atoms with Crippen molar-refractivity contribution >= 4 is 5.97 Å². The Kier molecular flexibility index (Phi) is 4.84. The summed E-state index contributed by atoms with van der Waals surface area (Å²) in [6, 6.07) is 7.74. The fourth-order valence-electron chi connectivity index (χ4n) is 2.25. The van der Waals surface area contributed by atoms with Gasteiger partial charge in [0, 0.05) is 12.6 Å². The summed E-state index contributed by atoms with van der Waals surface area (Å²) in [6.07, 6.45) is 0.760. The van der Waals surface area contributed by atoms with Gasteiger partial charge in [-0.05, 0) is 25.5 Å². The molecule has 1 aliphatic rings. The van der Waals surface area contributed by atoms with Gasteiger partial charge in [-0.2, -0.15) is 0 Å². The van der Waals surface area contributed by atoms with Gasteiger partial charge in [0.15, 0.2) is 11.5 Å². The van der Waals surface area contributed by atoms with Gasteiger partial charge in [-0.25, -0.2) is 0 Å². The van der Waals surface area contributed by atoms with E-state index in [0.717, 1.165) is 17.9 Å². The van der Waals surface area contributed by atoms with E-state index in [0.29, 0.717) is 13.2 Å². The van der Waals surface area contributed by atoms with Crippen molar-refractivity contribution in [3.63, 3.8) is 0 Å². The smallest absolute Gasteiger partial charge is 0.317 e. The summed E-state index contributed by atoms with van der Waals surface area (Å²) in [5, 5.41) is 9.00. The summed E-state index contributed by atoms with van der Waals surface area (Å²) in [6.45, 7) is 5.10. The van der Waals surface area contributed by atoms with Crippen molar-refractivity contribution in [3.8, 4) is 11.5 Å². The third-order valence-corrected chi connectivity index (χ3v) is 3.56. The molecule has 0 fully saturated rings. The number of para-hydroxylation sites is 2. The predicted octanol–water partition coefficient (Wildman–Crippen LogP) is 2.01. The van der Waals surface area contributed by atoms with Crippen molar-refractivity contribution < 1.29 is 19.4 Å². The minimum Gasteiger partial charge on any atom is -0.486 e. The molecule has 0 amide bonds. The van der Waals surface area contributed by atoms with Crippen LogP contribution in [-0.2, 0) is 4.79 Å². The zero-order valence-electron chi connectivity index (χ0n) is 11.9. The Labute approximate surface area is 119 Å². The zero-order chi connectivity index (χ0) is 14.5. The number of nitrogens with zero attached hydrogens (tertiary/aromatic N) is 1. The van der Waals surface area contributed by atoms with E-state index in [1.165, 1.54) is 0 Å². The van der Waals surface area contributed by atoms with Gasteiger partial charge in [-0.15, -0.1) is 0 Å². The van der Waals surface area contributed by atoms with E-state index in [1.54, 1.807) is 0 Å². The quantitative estimate of drug-likeness (QED) is 0.863. The van der Waals surface area contributed by atoms with Crippen molar-refractivity contribution in [3.05, 3.63) is 24.3 Å².